The van der Waals surface area contributed by atoms with Crippen molar-refractivity contribution in [2.45, 2.75) is 12.8 Å². The number of benzene rings is 1. The molecule has 2 rings (SSSR count). The summed E-state index contributed by atoms with van der Waals surface area (Å²) in [5.74, 6) is -0.490. The van der Waals surface area contributed by atoms with E-state index in [2.05, 4.69) is 4.98 Å². The molecule has 0 saturated carbocycles. The summed E-state index contributed by atoms with van der Waals surface area (Å²) >= 11 is 1.40. The monoisotopic (exact) mass is 300 g/mol. The van der Waals surface area contributed by atoms with Gasteiger partial charge >= 0.3 is 0 Å². The summed E-state index contributed by atoms with van der Waals surface area (Å²) in [6.07, 6.45) is 0.635. The Balaban J connectivity index is 2.17. The number of sulfonamides is 1. The van der Waals surface area contributed by atoms with E-state index in [1.807, 2.05) is 0 Å². The van der Waals surface area contributed by atoms with Gasteiger partial charge < -0.3 is 0 Å². The van der Waals surface area contributed by atoms with Gasteiger partial charge in [-0.15, -0.1) is 11.3 Å². The smallest absolute Gasteiger partial charge is 0.209 e. The lowest BCUT2D eigenvalue weighted by Crippen LogP contribution is -2.16. The maximum absolute atomic E-state index is 14.2. The Kier molecular flexibility index (Phi) is 4.28. The quantitative estimate of drug-likeness (QED) is 0.919. The molecule has 1 aromatic heterocycles. The molecule has 19 heavy (non-hydrogen) atoms. The van der Waals surface area contributed by atoms with Crippen molar-refractivity contribution in [1.82, 2.24) is 4.98 Å². The van der Waals surface area contributed by atoms with Crippen LogP contribution < -0.4 is 5.14 Å². The molecule has 0 unspecified atom stereocenters. The van der Waals surface area contributed by atoms with Crippen molar-refractivity contribution < 1.29 is 12.8 Å². The standard InChI is InChI=1S/C12H13FN2O2S2/c13-12-9(4-2-6-19(14,16)17)3-1-5-10(12)11-7-18-8-15-11/h1,3,5,7-8H,2,4,6H2,(H2,14,16,17). The van der Waals surface area contributed by atoms with Crippen molar-refractivity contribution >= 4 is 21.4 Å². The highest BCUT2D eigenvalue weighted by Crippen LogP contribution is 2.25. The summed E-state index contributed by atoms with van der Waals surface area (Å²) < 4.78 is 35.9. The molecular formula is C12H13FN2O2S2. The zero-order chi connectivity index (χ0) is 13.9. The Morgan fingerprint density at radius 2 is 2.16 bits per heavy atom. The van der Waals surface area contributed by atoms with Gasteiger partial charge in [0.25, 0.3) is 0 Å². The second-order valence-electron chi connectivity index (χ2n) is 4.12. The molecule has 2 aromatic rings. The minimum atomic E-state index is -3.49. The third kappa shape index (κ3) is 3.82. The molecule has 0 atom stereocenters. The van der Waals surface area contributed by atoms with E-state index in [0.717, 1.165) is 0 Å². The highest BCUT2D eigenvalue weighted by Gasteiger charge is 2.12. The van der Waals surface area contributed by atoms with Crippen LogP contribution in [0.1, 0.15) is 12.0 Å². The minimum Gasteiger partial charge on any atom is -0.245 e. The summed E-state index contributed by atoms with van der Waals surface area (Å²) in [5, 5.41) is 6.68. The van der Waals surface area contributed by atoms with E-state index in [9.17, 15) is 12.8 Å². The fraction of sp³-hybridized carbons (Fsp3) is 0.250. The van der Waals surface area contributed by atoms with Crippen molar-refractivity contribution in [1.29, 1.82) is 0 Å². The molecule has 4 nitrogen and oxygen atoms in total. The molecule has 0 aliphatic heterocycles. The summed E-state index contributed by atoms with van der Waals surface area (Å²) in [4.78, 5) is 4.07. The van der Waals surface area contributed by atoms with E-state index >= 15 is 0 Å². The van der Waals surface area contributed by atoms with Gasteiger partial charge in [-0.3, -0.25) is 0 Å². The first-order valence-electron chi connectivity index (χ1n) is 5.64. The molecule has 0 aliphatic rings. The van der Waals surface area contributed by atoms with Crippen LogP contribution in [0.3, 0.4) is 0 Å². The maximum Gasteiger partial charge on any atom is 0.209 e. The average molecular weight is 300 g/mol. The zero-order valence-electron chi connectivity index (χ0n) is 10.0. The lowest BCUT2D eigenvalue weighted by molar-refractivity contribution is 0.590. The molecule has 0 fully saturated rings. The molecule has 1 heterocycles. The number of aryl methyl sites for hydroxylation is 1. The van der Waals surface area contributed by atoms with Gasteiger partial charge in [0.1, 0.15) is 5.82 Å². The molecule has 0 spiro atoms. The van der Waals surface area contributed by atoms with Gasteiger partial charge in [-0.1, -0.05) is 12.1 Å². The average Bonchev–Trinajstić information content (AvgIpc) is 2.83. The van der Waals surface area contributed by atoms with E-state index in [1.54, 1.807) is 29.1 Å². The molecular weight excluding hydrogens is 287 g/mol. The number of hydrogen-bond acceptors (Lipinski definition) is 4. The van der Waals surface area contributed by atoms with E-state index in [1.165, 1.54) is 11.3 Å². The molecule has 102 valence electrons. The fourth-order valence-electron chi connectivity index (χ4n) is 1.78. The van der Waals surface area contributed by atoms with Crippen molar-refractivity contribution in [3.63, 3.8) is 0 Å². The van der Waals surface area contributed by atoms with Gasteiger partial charge in [-0.05, 0) is 24.5 Å². The van der Waals surface area contributed by atoms with Crippen LogP contribution in [-0.2, 0) is 16.4 Å². The number of hydrogen-bond donors (Lipinski definition) is 1. The van der Waals surface area contributed by atoms with Crippen molar-refractivity contribution in [2.75, 3.05) is 5.75 Å². The van der Waals surface area contributed by atoms with Crippen LogP contribution in [0.5, 0.6) is 0 Å². The third-order valence-electron chi connectivity index (χ3n) is 2.66. The first-order chi connectivity index (χ1) is 8.97. The molecule has 0 bridgehead atoms. The van der Waals surface area contributed by atoms with Gasteiger partial charge in [0, 0.05) is 10.9 Å². The summed E-state index contributed by atoms with van der Waals surface area (Å²) in [5.41, 5.74) is 3.15. The summed E-state index contributed by atoms with van der Waals surface area (Å²) in [7, 11) is -3.49. The van der Waals surface area contributed by atoms with Crippen LogP contribution in [-0.4, -0.2) is 19.2 Å². The molecule has 0 amide bonds. The van der Waals surface area contributed by atoms with Crippen LogP contribution in [0.25, 0.3) is 11.3 Å². The first kappa shape index (κ1) is 14.1. The minimum absolute atomic E-state index is 0.145. The SMILES string of the molecule is NS(=O)(=O)CCCc1cccc(-c2cscn2)c1F. The number of rotatable bonds is 5. The molecule has 7 heteroatoms. The first-order valence-corrected chi connectivity index (χ1v) is 8.29. The van der Waals surface area contributed by atoms with Crippen molar-refractivity contribution in [3.05, 3.63) is 40.5 Å². The van der Waals surface area contributed by atoms with E-state index in [-0.39, 0.29) is 11.6 Å². The number of nitrogens with two attached hydrogens (primary N) is 1. The number of halogens is 1. The predicted octanol–water partition coefficient (Wildman–Crippen LogP) is 2.17. The number of aromatic nitrogens is 1. The topological polar surface area (TPSA) is 73.1 Å². The molecule has 0 radical (unpaired) electrons. The predicted molar refractivity (Wildman–Crippen MR) is 73.8 cm³/mol. The lowest BCUT2D eigenvalue weighted by Gasteiger charge is -2.06. The molecule has 2 N–H and O–H groups in total. The van der Waals surface area contributed by atoms with Crippen LogP contribution in [0.15, 0.2) is 29.1 Å². The summed E-state index contributed by atoms with van der Waals surface area (Å²) in [6, 6.07) is 5.05. The highest BCUT2D eigenvalue weighted by molar-refractivity contribution is 7.89. The Bertz CT molecular complexity index is 654. The second kappa shape index (κ2) is 5.77. The van der Waals surface area contributed by atoms with Crippen LogP contribution >= 0.6 is 11.3 Å². The van der Waals surface area contributed by atoms with Gasteiger partial charge in [0.2, 0.25) is 10.0 Å². The second-order valence-corrected chi connectivity index (χ2v) is 6.58. The van der Waals surface area contributed by atoms with Crippen molar-refractivity contribution in [2.24, 2.45) is 5.14 Å². The number of primary sulfonamides is 1. The lowest BCUT2D eigenvalue weighted by atomic mass is 10.0. The Labute approximate surface area is 115 Å². The molecule has 0 saturated heterocycles. The normalized spacial score (nSPS) is 11.7. The number of nitrogens with zero attached hydrogens (tertiary/aromatic N) is 1. The molecule has 1 aromatic carbocycles. The van der Waals surface area contributed by atoms with Crippen LogP contribution in [0.4, 0.5) is 4.39 Å². The zero-order valence-corrected chi connectivity index (χ0v) is 11.7. The number of thiazole rings is 1. The van der Waals surface area contributed by atoms with Crippen LogP contribution in [0.2, 0.25) is 0 Å². The highest BCUT2D eigenvalue weighted by atomic mass is 32.2. The molecule has 0 aliphatic carbocycles. The third-order valence-corrected chi connectivity index (χ3v) is 4.11. The van der Waals surface area contributed by atoms with Gasteiger partial charge in [0.15, 0.2) is 0 Å². The van der Waals surface area contributed by atoms with E-state index in [0.29, 0.717) is 29.7 Å². The fourth-order valence-corrected chi connectivity index (χ4v) is 2.88. The van der Waals surface area contributed by atoms with Gasteiger partial charge in [0.05, 0.1) is 17.0 Å². The van der Waals surface area contributed by atoms with Gasteiger partial charge in [-0.25, -0.2) is 22.9 Å². The van der Waals surface area contributed by atoms with Crippen LogP contribution in [0, 0.1) is 5.82 Å². The largest absolute Gasteiger partial charge is 0.245 e. The Morgan fingerprint density at radius 1 is 1.37 bits per heavy atom. The maximum atomic E-state index is 14.2. The van der Waals surface area contributed by atoms with Gasteiger partial charge in [-0.2, -0.15) is 0 Å². The Morgan fingerprint density at radius 3 is 2.79 bits per heavy atom. The van der Waals surface area contributed by atoms with E-state index < -0.39 is 10.0 Å². The summed E-state index contributed by atoms with van der Waals surface area (Å²) in [6.45, 7) is 0. The van der Waals surface area contributed by atoms with Crippen molar-refractivity contribution in [3.8, 4) is 11.3 Å². The Hall–Kier alpha value is -1.31. The van der Waals surface area contributed by atoms with E-state index in [4.69, 9.17) is 5.14 Å².